The van der Waals surface area contributed by atoms with E-state index in [0.29, 0.717) is 0 Å². The van der Waals surface area contributed by atoms with E-state index >= 15 is 0 Å². The van der Waals surface area contributed by atoms with Gasteiger partial charge < -0.3 is 0 Å². The van der Waals surface area contributed by atoms with Crippen LogP contribution in [0.15, 0.2) is 0 Å². The number of rotatable bonds is 1. The number of primary sulfonamides is 1. The van der Waals surface area contributed by atoms with Crippen molar-refractivity contribution in [3.63, 3.8) is 0 Å². The minimum absolute atomic E-state index is 0.0220. The average Bonchev–Trinajstić information content (AvgIpc) is 1.83. The van der Waals surface area contributed by atoms with E-state index in [0.717, 1.165) is 0 Å². The van der Waals surface area contributed by atoms with Crippen LogP contribution in [0.25, 0.3) is 0 Å². The molecule has 0 heterocycles. The van der Waals surface area contributed by atoms with Gasteiger partial charge in [-0.3, -0.25) is 0 Å². The standard InChI is InChI=1S/C6H11F2NO2S/c7-6(8)3-1-5(2-4-6)12(9,10)11/h5H,1-4H2,(H2,9,10,11). The van der Waals surface area contributed by atoms with Gasteiger partial charge in [0.05, 0.1) is 5.25 Å². The zero-order chi connectivity index (χ0) is 9.41. The molecule has 0 spiro atoms. The minimum atomic E-state index is -3.61. The van der Waals surface area contributed by atoms with E-state index in [2.05, 4.69) is 0 Å². The fraction of sp³-hybridized carbons (Fsp3) is 1.00. The lowest BCUT2D eigenvalue weighted by Crippen LogP contribution is -2.36. The van der Waals surface area contributed by atoms with Crippen molar-refractivity contribution in [2.24, 2.45) is 5.14 Å². The summed E-state index contributed by atoms with van der Waals surface area (Å²) in [6.07, 6.45) is -0.778. The van der Waals surface area contributed by atoms with Crippen LogP contribution in [0.3, 0.4) is 0 Å². The van der Waals surface area contributed by atoms with Crippen molar-refractivity contribution in [2.75, 3.05) is 0 Å². The predicted octanol–water partition coefficient (Wildman–Crippen LogP) is 0.853. The third kappa shape index (κ3) is 2.38. The first kappa shape index (κ1) is 9.85. The third-order valence-electron chi connectivity index (χ3n) is 2.13. The summed E-state index contributed by atoms with van der Waals surface area (Å²) >= 11 is 0. The summed E-state index contributed by atoms with van der Waals surface area (Å²) in [4.78, 5) is 0. The first-order valence-electron chi connectivity index (χ1n) is 3.71. The Morgan fingerprint density at radius 3 is 2.00 bits per heavy atom. The fourth-order valence-electron chi connectivity index (χ4n) is 1.34. The summed E-state index contributed by atoms with van der Waals surface area (Å²) in [5, 5.41) is 4.06. The highest BCUT2D eigenvalue weighted by molar-refractivity contribution is 7.89. The maximum absolute atomic E-state index is 12.5. The van der Waals surface area contributed by atoms with Crippen molar-refractivity contribution < 1.29 is 17.2 Å². The molecule has 0 aromatic carbocycles. The van der Waals surface area contributed by atoms with Gasteiger partial charge >= 0.3 is 0 Å². The lowest BCUT2D eigenvalue weighted by atomic mass is 9.96. The molecule has 1 fully saturated rings. The van der Waals surface area contributed by atoms with E-state index in [1.165, 1.54) is 0 Å². The molecule has 0 aliphatic heterocycles. The summed E-state index contributed by atoms with van der Waals surface area (Å²) < 4.78 is 46.5. The van der Waals surface area contributed by atoms with E-state index in [1.807, 2.05) is 0 Å². The molecule has 12 heavy (non-hydrogen) atoms. The van der Waals surface area contributed by atoms with Gasteiger partial charge in [0.1, 0.15) is 0 Å². The van der Waals surface area contributed by atoms with Crippen LogP contribution in [0.2, 0.25) is 0 Å². The quantitative estimate of drug-likeness (QED) is 0.680. The van der Waals surface area contributed by atoms with E-state index in [4.69, 9.17) is 5.14 Å². The van der Waals surface area contributed by atoms with Crippen LogP contribution in [0.5, 0.6) is 0 Å². The molecule has 0 unspecified atom stereocenters. The van der Waals surface area contributed by atoms with Crippen molar-refractivity contribution in [2.45, 2.75) is 36.9 Å². The van der Waals surface area contributed by atoms with E-state index in [9.17, 15) is 17.2 Å². The number of halogens is 2. The molecule has 0 aromatic rings. The molecule has 0 radical (unpaired) electrons. The SMILES string of the molecule is NS(=O)(=O)C1CCC(F)(F)CC1. The highest BCUT2D eigenvalue weighted by atomic mass is 32.2. The van der Waals surface area contributed by atoms with Crippen molar-refractivity contribution in [1.82, 2.24) is 0 Å². The molecule has 3 nitrogen and oxygen atoms in total. The van der Waals surface area contributed by atoms with E-state index < -0.39 is 21.2 Å². The Hall–Kier alpha value is -0.230. The number of nitrogens with two attached hydrogens (primary N) is 1. The van der Waals surface area contributed by atoms with E-state index in [-0.39, 0.29) is 25.7 Å². The summed E-state index contributed by atoms with van der Waals surface area (Å²) in [6.45, 7) is 0. The molecule has 0 bridgehead atoms. The van der Waals surface area contributed by atoms with Crippen molar-refractivity contribution in [3.8, 4) is 0 Å². The second kappa shape index (κ2) is 2.92. The zero-order valence-electron chi connectivity index (χ0n) is 6.46. The third-order valence-corrected chi connectivity index (χ3v) is 3.53. The Morgan fingerprint density at radius 2 is 1.67 bits per heavy atom. The minimum Gasteiger partial charge on any atom is -0.228 e. The van der Waals surface area contributed by atoms with Crippen molar-refractivity contribution in [1.29, 1.82) is 0 Å². The maximum Gasteiger partial charge on any atom is 0.248 e. The Labute approximate surface area is 70.0 Å². The van der Waals surface area contributed by atoms with Gasteiger partial charge in [-0.2, -0.15) is 0 Å². The Bertz CT molecular complexity index is 253. The molecule has 1 saturated carbocycles. The fourth-order valence-corrected chi connectivity index (χ4v) is 2.23. The van der Waals surface area contributed by atoms with Gasteiger partial charge in [0.2, 0.25) is 15.9 Å². The van der Waals surface area contributed by atoms with Crippen LogP contribution in [0.1, 0.15) is 25.7 Å². The van der Waals surface area contributed by atoms with Gasteiger partial charge in [0.25, 0.3) is 0 Å². The predicted molar refractivity (Wildman–Crippen MR) is 40.3 cm³/mol. The van der Waals surface area contributed by atoms with Crippen LogP contribution >= 0.6 is 0 Å². The second-order valence-electron chi connectivity index (χ2n) is 3.14. The largest absolute Gasteiger partial charge is 0.248 e. The topological polar surface area (TPSA) is 60.2 Å². The summed E-state index contributed by atoms with van der Waals surface area (Å²) in [6, 6.07) is 0. The van der Waals surface area contributed by atoms with Gasteiger partial charge in [-0.15, -0.1) is 0 Å². The van der Waals surface area contributed by atoms with Crippen LogP contribution in [0.4, 0.5) is 8.78 Å². The van der Waals surface area contributed by atoms with Crippen molar-refractivity contribution >= 4 is 10.0 Å². The Balaban J connectivity index is 2.59. The molecular weight excluding hydrogens is 188 g/mol. The van der Waals surface area contributed by atoms with Gasteiger partial charge in [-0.1, -0.05) is 0 Å². The highest BCUT2D eigenvalue weighted by Crippen LogP contribution is 2.34. The monoisotopic (exact) mass is 199 g/mol. The van der Waals surface area contributed by atoms with Gasteiger partial charge in [0, 0.05) is 12.8 Å². The first-order valence-corrected chi connectivity index (χ1v) is 5.32. The molecule has 0 saturated heterocycles. The Kier molecular flexibility index (Phi) is 2.40. The molecule has 6 heteroatoms. The number of hydrogen-bond acceptors (Lipinski definition) is 2. The molecule has 0 aromatic heterocycles. The lowest BCUT2D eigenvalue weighted by Gasteiger charge is -2.26. The molecule has 72 valence electrons. The van der Waals surface area contributed by atoms with Crippen LogP contribution in [-0.2, 0) is 10.0 Å². The summed E-state index contributed by atoms with van der Waals surface area (Å²) in [5.74, 6) is -2.69. The number of hydrogen-bond donors (Lipinski definition) is 1. The van der Waals surface area contributed by atoms with Crippen LogP contribution < -0.4 is 5.14 Å². The summed E-state index contributed by atoms with van der Waals surface area (Å²) in [7, 11) is -3.61. The van der Waals surface area contributed by atoms with Gasteiger partial charge in [-0.25, -0.2) is 22.3 Å². The Morgan fingerprint density at radius 1 is 1.25 bits per heavy atom. The average molecular weight is 199 g/mol. The normalized spacial score (nSPS) is 25.6. The molecule has 1 aliphatic rings. The summed E-state index contributed by atoms with van der Waals surface area (Å²) in [5.41, 5.74) is 0. The smallest absolute Gasteiger partial charge is 0.228 e. The number of sulfonamides is 1. The molecule has 1 aliphatic carbocycles. The maximum atomic E-state index is 12.5. The first-order chi connectivity index (χ1) is 5.31. The molecule has 1 rings (SSSR count). The molecule has 2 N–H and O–H groups in total. The number of alkyl halides is 2. The molecular formula is C6H11F2NO2S. The van der Waals surface area contributed by atoms with Gasteiger partial charge in [0.15, 0.2) is 0 Å². The van der Waals surface area contributed by atoms with Crippen LogP contribution in [-0.4, -0.2) is 19.6 Å². The lowest BCUT2D eigenvalue weighted by molar-refractivity contribution is -0.0328. The van der Waals surface area contributed by atoms with E-state index in [1.54, 1.807) is 0 Å². The highest BCUT2D eigenvalue weighted by Gasteiger charge is 2.38. The molecule has 0 amide bonds. The van der Waals surface area contributed by atoms with Crippen LogP contribution in [0, 0.1) is 0 Å². The van der Waals surface area contributed by atoms with Crippen molar-refractivity contribution in [3.05, 3.63) is 0 Å². The van der Waals surface area contributed by atoms with Gasteiger partial charge in [-0.05, 0) is 12.8 Å². The zero-order valence-corrected chi connectivity index (χ0v) is 7.28. The second-order valence-corrected chi connectivity index (χ2v) is 4.99. The molecule has 0 atom stereocenters.